The first-order valence-electron chi connectivity index (χ1n) is 6.93. The molecule has 2 aliphatic rings. The van der Waals surface area contributed by atoms with Gasteiger partial charge in [0.25, 0.3) is 0 Å². The Labute approximate surface area is 108 Å². The van der Waals surface area contributed by atoms with Crippen molar-refractivity contribution in [3.05, 3.63) is 0 Å². The third-order valence-corrected chi connectivity index (χ3v) is 3.96. The van der Waals surface area contributed by atoms with Crippen molar-refractivity contribution in [2.24, 2.45) is 5.92 Å². The molecule has 5 nitrogen and oxygen atoms in total. The number of piperazine rings is 1. The maximum atomic E-state index is 12.4. The van der Waals surface area contributed by atoms with Gasteiger partial charge in [0.1, 0.15) is 0 Å². The lowest BCUT2D eigenvalue weighted by molar-refractivity contribution is -0.141. The van der Waals surface area contributed by atoms with Gasteiger partial charge in [0.05, 0.1) is 0 Å². The van der Waals surface area contributed by atoms with Crippen LogP contribution >= 0.6 is 0 Å². The normalized spacial score (nSPS) is 25.7. The SMILES string of the molecule is CC(=O)N1CCN(C(=O)[C@H]2CCCNCC2)CC1. The van der Waals surface area contributed by atoms with E-state index in [2.05, 4.69) is 5.32 Å². The Morgan fingerprint density at radius 2 is 1.67 bits per heavy atom. The van der Waals surface area contributed by atoms with E-state index in [0.29, 0.717) is 32.1 Å². The van der Waals surface area contributed by atoms with Crippen LogP contribution in [-0.4, -0.2) is 60.9 Å². The minimum absolute atomic E-state index is 0.112. The highest BCUT2D eigenvalue weighted by atomic mass is 16.2. The highest BCUT2D eigenvalue weighted by molar-refractivity contribution is 5.79. The van der Waals surface area contributed by atoms with Crippen molar-refractivity contribution in [1.29, 1.82) is 0 Å². The molecule has 5 heteroatoms. The summed E-state index contributed by atoms with van der Waals surface area (Å²) in [5.41, 5.74) is 0. The lowest BCUT2D eigenvalue weighted by Gasteiger charge is -2.36. The standard InChI is InChI=1S/C13H23N3O2/c1-11(17)15-7-9-16(10-8-15)13(18)12-3-2-5-14-6-4-12/h12,14H,2-10H2,1H3/t12-/m0/s1. The number of nitrogens with one attached hydrogen (secondary N) is 1. The summed E-state index contributed by atoms with van der Waals surface area (Å²) in [6.45, 7) is 6.34. The van der Waals surface area contributed by atoms with Crippen LogP contribution < -0.4 is 5.32 Å². The molecule has 0 aromatic heterocycles. The molecule has 0 aromatic rings. The monoisotopic (exact) mass is 253 g/mol. The maximum Gasteiger partial charge on any atom is 0.225 e. The lowest BCUT2D eigenvalue weighted by atomic mass is 9.98. The van der Waals surface area contributed by atoms with Gasteiger partial charge in [-0.2, -0.15) is 0 Å². The van der Waals surface area contributed by atoms with E-state index in [0.717, 1.165) is 32.4 Å². The van der Waals surface area contributed by atoms with Crippen LogP contribution in [0.4, 0.5) is 0 Å². The van der Waals surface area contributed by atoms with Gasteiger partial charge in [-0.15, -0.1) is 0 Å². The van der Waals surface area contributed by atoms with E-state index >= 15 is 0 Å². The third kappa shape index (κ3) is 3.22. The maximum absolute atomic E-state index is 12.4. The zero-order valence-electron chi connectivity index (χ0n) is 11.2. The molecule has 102 valence electrons. The average molecular weight is 253 g/mol. The van der Waals surface area contributed by atoms with Crippen molar-refractivity contribution in [1.82, 2.24) is 15.1 Å². The van der Waals surface area contributed by atoms with Crippen LogP contribution in [0.3, 0.4) is 0 Å². The third-order valence-electron chi connectivity index (χ3n) is 3.96. The van der Waals surface area contributed by atoms with E-state index < -0.39 is 0 Å². The Kier molecular flexibility index (Phi) is 4.58. The number of amides is 2. The van der Waals surface area contributed by atoms with E-state index in [9.17, 15) is 9.59 Å². The first-order chi connectivity index (χ1) is 8.68. The summed E-state index contributed by atoms with van der Waals surface area (Å²) in [6.07, 6.45) is 3.04. The van der Waals surface area contributed by atoms with Gasteiger partial charge in [-0.3, -0.25) is 9.59 Å². The van der Waals surface area contributed by atoms with Crippen molar-refractivity contribution in [2.45, 2.75) is 26.2 Å². The van der Waals surface area contributed by atoms with Gasteiger partial charge in [-0.05, 0) is 32.4 Å². The number of rotatable bonds is 1. The quantitative estimate of drug-likeness (QED) is 0.719. The average Bonchev–Trinajstić information content (AvgIpc) is 2.67. The van der Waals surface area contributed by atoms with E-state index in [1.165, 1.54) is 0 Å². The number of hydrogen-bond acceptors (Lipinski definition) is 3. The second-order valence-electron chi connectivity index (χ2n) is 5.21. The lowest BCUT2D eigenvalue weighted by Crippen LogP contribution is -2.51. The number of nitrogens with zero attached hydrogens (tertiary/aromatic N) is 2. The topological polar surface area (TPSA) is 52.7 Å². The van der Waals surface area contributed by atoms with Gasteiger partial charge < -0.3 is 15.1 Å². The summed E-state index contributed by atoms with van der Waals surface area (Å²) in [6, 6.07) is 0. The Bertz CT molecular complexity index is 303. The van der Waals surface area contributed by atoms with Crippen molar-refractivity contribution >= 4 is 11.8 Å². The van der Waals surface area contributed by atoms with Gasteiger partial charge in [-0.1, -0.05) is 0 Å². The van der Waals surface area contributed by atoms with Crippen LogP contribution in [0.25, 0.3) is 0 Å². The molecule has 18 heavy (non-hydrogen) atoms. The summed E-state index contributed by atoms with van der Waals surface area (Å²) in [5.74, 6) is 0.589. The molecule has 0 radical (unpaired) electrons. The predicted octanol–water partition coefficient (Wildman–Crippen LogP) is 0.0668. The summed E-state index contributed by atoms with van der Waals surface area (Å²) < 4.78 is 0. The molecule has 1 N–H and O–H groups in total. The first kappa shape index (κ1) is 13.3. The van der Waals surface area contributed by atoms with E-state index in [4.69, 9.17) is 0 Å². The van der Waals surface area contributed by atoms with Crippen LogP contribution in [0.5, 0.6) is 0 Å². The first-order valence-corrected chi connectivity index (χ1v) is 6.93. The molecule has 0 spiro atoms. The molecule has 2 heterocycles. The molecule has 2 saturated heterocycles. The molecule has 2 fully saturated rings. The molecule has 0 aliphatic carbocycles. The highest BCUT2D eigenvalue weighted by Gasteiger charge is 2.28. The van der Waals surface area contributed by atoms with Crippen LogP contribution in [-0.2, 0) is 9.59 Å². The Morgan fingerprint density at radius 1 is 1.00 bits per heavy atom. The molecule has 0 aromatic carbocycles. The Balaban J connectivity index is 1.84. The van der Waals surface area contributed by atoms with Gasteiger partial charge >= 0.3 is 0 Å². The largest absolute Gasteiger partial charge is 0.339 e. The zero-order valence-corrected chi connectivity index (χ0v) is 11.2. The van der Waals surface area contributed by atoms with E-state index in [1.807, 2.05) is 9.80 Å². The number of hydrogen-bond donors (Lipinski definition) is 1. The molecule has 1 atom stereocenters. The predicted molar refractivity (Wildman–Crippen MR) is 69.0 cm³/mol. The van der Waals surface area contributed by atoms with Crippen molar-refractivity contribution in [3.63, 3.8) is 0 Å². The number of carbonyl (C=O) groups is 2. The van der Waals surface area contributed by atoms with Crippen molar-refractivity contribution in [3.8, 4) is 0 Å². The summed E-state index contributed by atoms with van der Waals surface area (Å²) >= 11 is 0. The summed E-state index contributed by atoms with van der Waals surface area (Å²) in [4.78, 5) is 27.4. The van der Waals surface area contributed by atoms with Crippen LogP contribution in [0.15, 0.2) is 0 Å². The van der Waals surface area contributed by atoms with Crippen LogP contribution in [0.2, 0.25) is 0 Å². The zero-order chi connectivity index (χ0) is 13.0. The molecule has 0 saturated carbocycles. The fraction of sp³-hybridized carbons (Fsp3) is 0.846. The molecular weight excluding hydrogens is 230 g/mol. The Morgan fingerprint density at radius 3 is 2.33 bits per heavy atom. The molecule has 2 rings (SSSR count). The molecule has 2 aliphatic heterocycles. The van der Waals surface area contributed by atoms with Gasteiger partial charge in [0.15, 0.2) is 0 Å². The van der Waals surface area contributed by atoms with Gasteiger partial charge in [-0.25, -0.2) is 0 Å². The summed E-state index contributed by atoms with van der Waals surface area (Å²) in [5, 5.41) is 3.33. The minimum Gasteiger partial charge on any atom is -0.339 e. The Hall–Kier alpha value is -1.10. The fourth-order valence-corrected chi connectivity index (χ4v) is 2.77. The molecule has 2 amide bonds. The molecule has 0 unspecified atom stereocenters. The molecule has 0 bridgehead atoms. The smallest absolute Gasteiger partial charge is 0.225 e. The number of carbonyl (C=O) groups excluding carboxylic acids is 2. The fourth-order valence-electron chi connectivity index (χ4n) is 2.77. The second kappa shape index (κ2) is 6.18. The summed E-state index contributed by atoms with van der Waals surface area (Å²) in [7, 11) is 0. The minimum atomic E-state index is 0.112. The molecular formula is C13H23N3O2. The van der Waals surface area contributed by atoms with Crippen LogP contribution in [0.1, 0.15) is 26.2 Å². The van der Waals surface area contributed by atoms with Crippen LogP contribution in [0, 0.1) is 5.92 Å². The van der Waals surface area contributed by atoms with Crippen molar-refractivity contribution < 1.29 is 9.59 Å². The van der Waals surface area contributed by atoms with E-state index in [-0.39, 0.29) is 11.8 Å². The highest BCUT2D eigenvalue weighted by Crippen LogP contribution is 2.17. The van der Waals surface area contributed by atoms with Gasteiger partial charge in [0, 0.05) is 39.0 Å². The van der Waals surface area contributed by atoms with Gasteiger partial charge in [0.2, 0.25) is 11.8 Å². The van der Waals surface area contributed by atoms with Crippen molar-refractivity contribution in [2.75, 3.05) is 39.3 Å². The van der Waals surface area contributed by atoms with E-state index in [1.54, 1.807) is 6.92 Å². The second-order valence-corrected chi connectivity index (χ2v) is 5.21.